The Balaban J connectivity index is 1.80. The van der Waals surface area contributed by atoms with Gasteiger partial charge in [0.25, 0.3) is 0 Å². The monoisotopic (exact) mass is 414 g/mol. The van der Waals surface area contributed by atoms with E-state index < -0.39 is 7.12 Å². The Kier molecular flexibility index (Phi) is 4.10. The molecule has 5 aromatic carbocycles. The van der Waals surface area contributed by atoms with Gasteiger partial charge >= 0.3 is 7.12 Å². The fourth-order valence-corrected chi connectivity index (χ4v) is 5.52. The van der Waals surface area contributed by atoms with Crippen molar-refractivity contribution >= 4 is 34.1 Å². The third kappa shape index (κ3) is 2.56. The van der Waals surface area contributed by atoms with Gasteiger partial charge in [-0.25, -0.2) is 0 Å². The Morgan fingerprint density at radius 1 is 0.594 bits per heavy atom. The highest BCUT2D eigenvalue weighted by molar-refractivity contribution is 6.62. The van der Waals surface area contributed by atoms with Gasteiger partial charge in [-0.05, 0) is 66.5 Å². The van der Waals surface area contributed by atoms with E-state index in [0.717, 1.165) is 16.3 Å². The first-order chi connectivity index (χ1) is 15.5. The fraction of sp³-hybridized carbons (Fsp3) is 0.103. The molecule has 0 atom stereocenters. The summed E-state index contributed by atoms with van der Waals surface area (Å²) in [6.07, 6.45) is 0. The Morgan fingerprint density at radius 2 is 1.09 bits per heavy atom. The van der Waals surface area contributed by atoms with Crippen LogP contribution in [-0.2, 0) is 5.41 Å². The van der Waals surface area contributed by atoms with Crippen LogP contribution in [0.1, 0.15) is 25.0 Å². The number of benzene rings is 5. The van der Waals surface area contributed by atoms with Crippen LogP contribution in [0.15, 0.2) is 91.0 Å². The molecule has 2 N–H and O–H groups in total. The molecular formula is C29H23BO2. The highest BCUT2D eigenvalue weighted by Crippen LogP contribution is 2.54. The van der Waals surface area contributed by atoms with E-state index in [1.54, 1.807) is 0 Å². The summed E-state index contributed by atoms with van der Waals surface area (Å²) in [5.74, 6) is 0. The van der Waals surface area contributed by atoms with Crippen LogP contribution in [-0.4, -0.2) is 17.2 Å². The summed E-state index contributed by atoms with van der Waals surface area (Å²) in [5, 5.41) is 24.7. The van der Waals surface area contributed by atoms with Gasteiger partial charge in [-0.2, -0.15) is 0 Å². The van der Waals surface area contributed by atoms with Gasteiger partial charge in [0.1, 0.15) is 0 Å². The van der Waals surface area contributed by atoms with Crippen molar-refractivity contribution < 1.29 is 10.0 Å². The minimum Gasteiger partial charge on any atom is -0.423 e. The zero-order chi connectivity index (χ0) is 22.0. The summed E-state index contributed by atoms with van der Waals surface area (Å²) in [6.45, 7) is 4.48. The zero-order valence-corrected chi connectivity index (χ0v) is 18.1. The largest absolute Gasteiger partial charge is 0.489 e. The molecule has 3 heteroatoms. The van der Waals surface area contributed by atoms with Crippen molar-refractivity contribution in [2.24, 2.45) is 0 Å². The Bertz CT molecular complexity index is 1520. The molecule has 0 fully saturated rings. The average molecular weight is 414 g/mol. The molecule has 5 aromatic rings. The molecule has 32 heavy (non-hydrogen) atoms. The summed E-state index contributed by atoms with van der Waals surface area (Å²) < 4.78 is 0. The first-order valence-electron chi connectivity index (χ1n) is 11.0. The summed E-state index contributed by atoms with van der Waals surface area (Å²) in [6, 6.07) is 31.6. The fourth-order valence-electron chi connectivity index (χ4n) is 5.52. The van der Waals surface area contributed by atoms with E-state index in [1.807, 2.05) is 30.3 Å². The van der Waals surface area contributed by atoms with E-state index in [1.165, 1.54) is 38.6 Å². The first kappa shape index (κ1) is 19.3. The number of hydrogen-bond donors (Lipinski definition) is 2. The molecular weight excluding hydrogens is 391 g/mol. The van der Waals surface area contributed by atoms with Crippen molar-refractivity contribution in [1.82, 2.24) is 0 Å². The quantitative estimate of drug-likeness (QED) is 0.367. The Labute approximate surface area is 187 Å². The Hall–Kier alpha value is -3.40. The molecule has 0 spiro atoms. The van der Waals surface area contributed by atoms with Crippen molar-refractivity contribution in [1.29, 1.82) is 0 Å². The summed E-state index contributed by atoms with van der Waals surface area (Å²) in [5.41, 5.74) is 7.61. The highest BCUT2D eigenvalue weighted by atomic mass is 16.4. The molecule has 0 unspecified atom stereocenters. The summed E-state index contributed by atoms with van der Waals surface area (Å²) in [7, 11) is -1.51. The third-order valence-electron chi connectivity index (χ3n) is 7.08. The normalized spacial score (nSPS) is 13.9. The molecule has 0 saturated carbocycles. The standard InChI is InChI=1S/C29H23BO2/c1-29(2)24-16-23(18-10-4-3-5-11-18)19-12-6-8-14-21(19)27(24)28-22-15-9-7-13-20(22)26(30(31)32)17-25(28)29/h3-17,31-32H,1-2H3. The topological polar surface area (TPSA) is 40.5 Å². The smallest absolute Gasteiger partial charge is 0.423 e. The maximum atomic E-state index is 10.2. The first-order valence-corrected chi connectivity index (χ1v) is 11.0. The van der Waals surface area contributed by atoms with E-state index in [2.05, 4.69) is 74.5 Å². The lowest BCUT2D eigenvalue weighted by molar-refractivity contribution is 0.426. The van der Waals surface area contributed by atoms with Gasteiger partial charge in [0.05, 0.1) is 0 Å². The van der Waals surface area contributed by atoms with E-state index >= 15 is 0 Å². The second-order valence-electron chi connectivity index (χ2n) is 9.19. The van der Waals surface area contributed by atoms with Crippen LogP contribution in [0, 0.1) is 0 Å². The van der Waals surface area contributed by atoms with E-state index in [-0.39, 0.29) is 5.41 Å². The van der Waals surface area contributed by atoms with Crippen molar-refractivity contribution in [3.63, 3.8) is 0 Å². The van der Waals surface area contributed by atoms with Crippen molar-refractivity contribution in [2.75, 3.05) is 0 Å². The molecule has 154 valence electrons. The second kappa shape index (κ2) is 6.80. The van der Waals surface area contributed by atoms with Crippen LogP contribution >= 0.6 is 0 Å². The van der Waals surface area contributed by atoms with Crippen molar-refractivity contribution in [2.45, 2.75) is 19.3 Å². The SMILES string of the molecule is CC1(C)c2cc(B(O)O)c3ccccc3c2-c2c1cc(-c1ccccc1)c1ccccc21. The van der Waals surface area contributed by atoms with Crippen LogP contribution < -0.4 is 5.46 Å². The van der Waals surface area contributed by atoms with Crippen LogP contribution in [0.4, 0.5) is 0 Å². The zero-order valence-electron chi connectivity index (χ0n) is 18.1. The lowest BCUT2D eigenvalue weighted by Gasteiger charge is -2.24. The minimum atomic E-state index is -1.51. The van der Waals surface area contributed by atoms with E-state index in [0.29, 0.717) is 5.46 Å². The predicted molar refractivity (Wildman–Crippen MR) is 134 cm³/mol. The highest BCUT2D eigenvalue weighted by Gasteiger charge is 2.39. The van der Waals surface area contributed by atoms with Crippen LogP contribution in [0.25, 0.3) is 43.8 Å². The Morgan fingerprint density at radius 3 is 1.72 bits per heavy atom. The van der Waals surface area contributed by atoms with Crippen LogP contribution in [0.3, 0.4) is 0 Å². The lowest BCUT2D eigenvalue weighted by Crippen LogP contribution is -2.32. The van der Waals surface area contributed by atoms with Gasteiger partial charge in [-0.1, -0.05) is 98.8 Å². The average Bonchev–Trinajstić information content (AvgIpc) is 3.05. The molecule has 0 aliphatic heterocycles. The van der Waals surface area contributed by atoms with Gasteiger partial charge in [-0.3, -0.25) is 0 Å². The molecule has 6 rings (SSSR count). The molecule has 1 aliphatic rings. The van der Waals surface area contributed by atoms with Gasteiger partial charge in [-0.15, -0.1) is 0 Å². The van der Waals surface area contributed by atoms with Crippen molar-refractivity contribution in [3.05, 3.63) is 102 Å². The molecule has 0 bridgehead atoms. The van der Waals surface area contributed by atoms with Gasteiger partial charge in [0.2, 0.25) is 0 Å². The minimum absolute atomic E-state index is 0.272. The van der Waals surface area contributed by atoms with Gasteiger partial charge in [0.15, 0.2) is 0 Å². The lowest BCUT2D eigenvalue weighted by atomic mass is 9.72. The summed E-state index contributed by atoms with van der Waals surface area (Å²) >= 11 is 0. The second-order valence-corrected chi connectivity index (χ2v) is 9.19. The van der Waals surface area contributed by atoms with Gasteiger partial charge in [0, 0.05) is 5.41 Å². The molecule has 0 aromatic heterocycles. The molecule has 1 aliphatic carbocycles. The van der Waals surface area contributed by atoms with Crippen LogP contribution in [0.5, 0.6) is 0 Å². The molecule has 0 heterocycles. The predicted octanol–water partition coefficient (Wildman–Crippen LogP) is 5.65. The van der Waals surface area contributed by atoms with Crippen molar-refractivity contribution in [3.8, 4) is 22.3 Å². The molecule has 0 radical (unpaired) electrons. The number of fused-ring (bicyclic) bond motifs is 7. The van der Waals surface area contributed by atoms with Crippen LogP contribution in [0.2, 0.25) is 0 Å². The third-order valence-corrected chi connectivity index (χ3v) is 7.08. The molecule has 0 saturated heterocycles. The van der Waals surface area contributed by atoms with E-state index in [9.17, 15) is 10.0 Å². The van der Waals surface area contributed by atoms with E-state index in [4.69, 9.17) is 0 Å². The number of rotatable bonds is 2. The maximum Gasteiger partial charge on any atom is 0.489 e. The molecule has 0 amide bonds. The number of hydrogen-bond acceptors (Lipinski definition) is 2. The molecule has 2 nitrogen and oxygen atoms in total. The van der Waals surface area contributed by atoms with Gasteiger partial charge < -0.3 is 10.0 Å². The maximum absolute atomic E-state index is 10.2. The summed E-state index contributed by atoms with van der Waals surface area (Å²) in [4.78, 5) is 0.